The minimum Gasteiger partial charge on any atom is -0.377 e. The van der Waals surface area contributed by atoms with E-state index in [1.54, 1.807) is 38.1 Å². The van der Waals surface area contributed by atoms with Crippen LogP contribution in [-0.4, -0.2) is 36.3 Å². The molecule has 2 aromatic carbocycles. The zero-order valence-electron chi connectivity index (χ0n) is 22.3. The highest BCUT2D eigenvalue weighted by molar-refractivity contribution is 7.92. The van der Waals surface area contributed by atoms with E-state index in [0.717, 1.165) is 28.1 Å². The maximum absolute atomic E-state index is 13.4. The number of hydrogen-bond donors (Lipinski definition) is 2. The number of aryl methyl sites for hydroxylation is 3. The highest BCUT2D eigenvalue weighted by Crippen LogP contribution is 2.33. The zero-order chi connectivity index (χ0) is 28.0. The van der Waals surface area contributed by atoms with Gasteiger partial charge in [0.25, 0.3) is 10.0 Å². The molecule has 0 spiro atoms. The van der Waals surface area contributed by atoms with Gasteiger partial charge in [-0.2, -0.15) is 0 Å². The van der Waals surface area contributed by atoms with Gasteiger partial charge in [-0.1, -0.05) is 59.8 Å². The second-order valence-corrected chi connectivity index (χ2v) is 11.6. The lowest BCUT2D eigenvalue weighted by molar-refractivity contribution is -0.116. The van der Waals surface area contributed by atoms with Crippen molar-refractivity contribution in [3.05, 3.63) is 69.9 Å². The molecule has 0 aliphatic heterocycles. The molecule has 12 heteroatoms. The third-order valence-corrected chi connectivity index (χ3v) is 8.52. The van der Waals surface area contributed by atoms with Gasteiger partial charge in [0.2, 0.25) is 11.0 Å². The minimum atomic E-state index is -3.98. The fourth-order valence-corrected chi connectivity index (χ4v) is 5.88. The maximum Gasteiger partial charge on any atom is 0.263 e. The summed E-state index contributed by atoms with van der Waals surface area (Å²) in [4.78, 5) is 12.6. The van der Waals surface area contributed by atoms with Crippen LogP contribution >= 0.6 is 11.3 Å². The molecule has 0 radical (unpaired) electrons. The van der Waals surface area contributed by atoms with Crippen LogP contribution in [-0.2, 0) is 39.0 Å². The van der Waals surface area contributed by atoms with Gasteiger partial charge < -0.3 is 14.6 Å². The van der Waals surface area contributed by atoms with Crippen LogP contribution in [0.2, 0.25) is 0 Å². The number of hydrogen-bond acceptors (Lipinski definition) is 9. The number of sulfonamides is 1. The van der Waals surface area contributed by atoms with Crippen LogP contribution in [0.15, 0.2) is 51.9 Å². The number of nitrogens with one attached hydrogen (secondary N) is 2. The summed E-state index contributed by atoms with van der Waals surface area (Å²) in [7, 11) is -3.98. The van der Waals surface area contributed by atoms with E-state index in [-0.39, 0.29) is 23.0 Å². The summed E-state index contributed by atoms with van der Waals surface area (Å²) in [6.07, 6.45) is 1.53. The van der Waals surface area contributed by atoms with Crippen molar-refractivity contribution in [2.24, 2.45) is 0 Å². The fourth-order valence-electron chi connectivity index (χ4n) is 3.90. The molecule has 10 nitrogen and oxygen atoms in total. The van der Waals surface area contributed by atoms with Gasteiger partial charge in [0.1, 0.15) is 10.8 Å². The second kappa shape index (κ2) is 12.5. The quantitative estimate of drug-likeness (QED) is 0.235. The molecule has 2 aromatic heterocycles. The van der Waals surface area contributed by atoms with Crippen LogP contribution in [0.1, 0.15) is 47.7 Å². The Kier molecular flexibility index (Phi) is 9.10. The summed E-state index contributed by atoms with van der Waals surface area (Å²) >= 11 is 1.37. The number of aromatic nitrogens is 3. The number of carbonyl (C=O) groups is 1. The van der Waals surface area contributed by atoms with Gasteiger partial charge >= 0.3 is 0 Å². The normalized spacial score (nSPS) is 11.5. The summed E-state index contributed by atoms with van der Waals surface area (Å²) in [6.45, 7) is 8.14. The number of nitrogens with zero attached hydrogens (tertiary/aromatic N) is 3. The molecule has 2 heterocycles. The van der Waals surface area contributed by atoms with E-state index in [4.69, 9.17) is 9.26 Å². The van der Waals surface area contributed by atoms with Crippen LogP contribution in [0.3, 0.4) is 0 Å². The Morgan fingerprint density at radius 1 is 1.08 bits per heavy atom. The lowest BCUT2D eigenvalue weighted by atomic mass is 9.96. The Labute approximate surface area is 231 Å². The molecular formula is C27H31N5O5S2. The molecule has 0 saturated carbocycles. The van der Waals surface area contributed by atoms with Gasteiger partial charge in [0.15, 0.2) is 5.82 Å². The van der Waals surface area contributed by atoms with Gasteiger partial charge in [-0.15, -0.1) is 10.2 Å². The molecule has 0 atom stereocenters. The molecule has 2 N–H and O–H groups in total. The van der Waals surface area contributed by atoms with Crippen LogP contribution in [0.25, 0.3) is 11.1 Å². The van der Waals surface area contributed by atoms with E-state index >= 15 is 0 Å². The van der Waals surface area contributed by atoms with Crippen molar-refractivity contribution in [1.82, 2.24) is 15.4 Å². The molecule has 39 heavy (non-hydrogen) atoms. The number of carbonyl (C=O) groups excluding carboxylic acids is 1. The van der Waals surface area contributed by atoms with Gasteiger partial charge in [-0.05, 0) is 56.4 Å². The monoisotopic (exact) mass is 569 g/mol. The van der Waals surface area contributed by atoms with Crippen LogP contribution in [0.5, 0.6) is 0 Å². The summed E-state index contributed by atoms with van der Waals surface area (Å²) in [5.74, 6) is 0.549. The average molecular weight is 570 g/mol. The van der Waals surface area contributed by atoms with Crippen molar-refractivity contribution >= 4 is 38.2 Å². The van der Waals surface area contributed by atoms with Crippen molar-refractivity contribution in [3.63, 3.8) is 0 Å². The molecule has 0 aliphatic carbocycles. The summed E-state index contributed by atoms with van der Waals surface area (Å²) < 4.78 is 40.2. The molecule has 0 aliphatic rings. The van der Waals surface area contributed by atoms with E-state index in [9.17, 15) is 13.2 Å². The van der Waals surface area contributed by atoms with Crippen LogP contribution in [0.4, 0.5) is 10.9 Å². The predicted octanol–water partition coefficient (Wildman–Crippen LogP) is 5.28. The Bertz CT molecular complexity index is 1560. The van der Waals surface area contributed by atoms with E-state index in [1.165, 1.54) is 11.3 Å². The Balaban J connectivity index is 1.58. The SMILES string of the molecule is CCOCc1cc(CCC(=O)Nc2nnc(CC)s2)ccc1-c1ccccc1S(=O)(=O)Nc1noc(C)c1C. The Hall–Kier alpha value is -3.61. The smallest absolute Gasteiger partial charge is 0.263 e. The van der Waals surface area contributed by atoms with E-state index < -0.39 is 10.0 Å². The van der Waals surface area contributed by atoms with Crippen molar-refractivity contribution < 1.29 is 22.5 Å². The molecule has 4 rings (SSSR count). The topological polar surface area (TPSA) is 136 Å². The number of amides is 1. The van der Waals surface area contributed by atoms with Gasteiger partial charge in [-0.3, -0.25) is 9.52 Å². The zero-order valence-corrected chi connectivity index (χ0v) is 23.9. The summed E-state index contributed by atoms with van der Waals surface area (Å²) in [6, 6.07) is 12.5. The van der Waals surface area contributed by atoms with Gasteiger partial charge in [0.05, 0.1) is 11.5 Å². The van der Waals surface area contributed by atoms with E-state index in [1.807, 2.05) is 32.0 Å². The first kappa shape index (κ1) is 28.4. The molecule has 0 bridgehead atoms. The summed E-state index contributed by atoms with van der Waals surface area (Å²) in [5.41, 5.74) is 3.64. The first-order chi connectivity index (χ1) is 18.7. The number of rotatable bonds is 12. The highest BCUT2D eigenvalue weighted by Gasteiger charge is 2.23. The first-order valence-electron chi connectivity index (χ1n) is 12.6. The third kappa shape index (κ3) is 6.88. The van der Waals surface area contributed by atoms with Crippen molar-refractivity contribution in [2.75, 3.05) is 16.6 Å². The van der Waals surface area contributed by atoms with Gasteiger partial charge in [-0.25, -0.2) is 8.42 Å². The predicted molar refractivity (Wildman–Crippen MR) is 150 cm³/mol. The maximum atomic E-state index is 13.4. The molecule has 1 amide bonds. The standard InChI is InChI=1S/C27H31N5O5S2/c1-5-25-29-30-27(38-25)28-24(33)14-12-19-11-13-21(20(15-19)16-36-6-2)22-9-7-8-10-23(22)39(34,35)32-26-17(3)18(4)37-31-26/h7-11,13,15H,5-6,12,14,16H2,1-4H3,(H,31,32)(H,28,30,33). The summed E-state index contributed by atoms with van der Waals surface area (Å²) in [5, 5.41) is 16.0. The van der Waals surface area contributed by atoms with Crippen LogP contribution in [0, 0.1) is 13.8 Å². The lowest BCUT2D eigenvalue weighted by Crippen LogP contribution is -2.15. The first-order valence-corrected chi connectivity index (χ1v) is 14.9. The molecule has 4 aromatic rings. The van der Waals surface area contributed by atoms with Crippen molar-refractivity contribution in [2.45, 2.75) is 58.5 Å². The largest absolute Gasteiger partial charge is 0.377 e. The van der Waals surface area contributed by atoms with Gasteiger partial charge in [0, 0.05) is 24.2 Å². The molecular weight excluding hydrogens is 538 g/mol. The molecule has 0 saturated heterocycles. The number of ether oxygens (including phenoxy) is 1. The molecule has 0 unspecified atom stereocenters. The van der Waals surface area contributed by atoms with Crippen molar-refractivity contribution in [3.8, 4) is 11.1 Å². The van der Waals surface area contributed by atoms with Crippen molar-refractivity contribution in [1.29, 1.82) is 0 Å². The number of benzene rings is 2. The average Bonchev–Trinajstić information content (AvgIpc) is 3.52. The Morgan fingerprint density at radius 2 is 1.87 bits per heavy atom. The minimum absolute atomic E-state index is 0.110. The third-order valence-electron chi connectivity index (χ3n) is 6.14. The van der Waals surface area contributed by atoms with Crippen LogP contribution < -0.4 is 10.0 Å². The number of anilines is 2. The second-order valence-electron chi connectivity index (χ2n) is 8.85. The van der Waals surface area contributed by atoms with E-state index in [2.05, 4.69) is 25.4 Å². The van der Waals surface area contributed by atoms with E-state index in [0.29, 0.717) is 41.7 Å². The Morgan fingerprint density at radius 3 is 2.56 bits per heavy atom. The molecule has 0 fully saturated rings. The highest BCUT2D eigenvalue weighted by atomic mass is 32.2. The lowest BCUT2D eigenvalue weighted by Gasteiger charge is -2.16. The molecule has 206 valence electrons. The fraction of sp³-hybridized carbons (Fsp3) is 0.333.